The Hall–Kier alpha value is -2.32. The number of benzene rings is 1. The minimum absolute atomic E-state index is 0.0623. The summed E-state index contributed by atoms with van der Waals surface area (Å²) in [5.41, 5.74) is 0.813. The van der Waals surface area contributed by atoms with Crippen LogP contribution in [-0.2, 0) is 10.0 Å². The number of hydrogen-bond donors (Lipinski definition) is 0. The van der Waals surface area contributed by atoms with E-state index < -0.39 is 10.0 Å². The minimum Gasteiger partial charge on any atom is -0.497 e. The number of ether oxygens (including phenoxy) is 2. The van der Waals surface area contributed by atoms with E-state index in [0.717, 1.165) is 18.5 Å². The molecule has 2 aromatic rings. The lowest BCUT2D eigenvalue weighted by Crippen LogP contribution is -2.56. The fourth-order valence-electron chi connectivity index (χ4n) is 3.33. The van der Waals surface area contributed by atoms with Crippen LogP contribution in [0.1, 0.15) is 24.6 Å². The largest absolute Gasteiger partial charge is 0.497 e. The van der Waals surface area contributed by atoms with Crippen molar-refractivity contribution in [1.29, 1.82) is 0 Å². The molecule has 1 saturated heterocycles. The molecule has 2 aliphatic rings. The molecule has 0 amide bonds. The molecule has 1 aromatic heterocycles. The van der Waals surface area contributed by atoms with E-state index in [1.807, 2.05) is 13.0 Å². The molecule has 0 unspecified atom stereocenters. The zero-order valence-electron chi connectivity index (χ0n) is 15.3. The number of hydrogen-bond acceptors (Lipinski definition) is 5. The monoisotopic (exact) mass is 390 g/mol. The van der Waals surface area contributed by atoms with Crippen LogP contribution >= 0.6 is 0 Å². The van der Waals surface area contributed by atoms with Crippen LogP contribution in [0.25, 0.3) is 0 Å². The Morgan fingerprint density at radius 1 is 1.07 bits per heavy atom. The van der Waals surface area contributed by atoms with Gasteiger partial charge in [-0.2, -0.15) is 4.31 Å². The molecule has 8 heteroatoms. The second-order valence-electron chi connectivity index (χ2n) is 7.01. The molecule has 1 aliphatic carbocycles. The Morgan fingerprint density at radius 2 is 1.81 bits per heavy atom. The van der Waals surface area contributed by atoms with Crippen molar-refractivity contribution in [2.75, 3.05) is 20.2 Å². The third kappa shape index (κ3) is 3.46. The summed E-state index contributed by atoms with van der Waals surface area (Å²) in [6, 6.07) is 10.1. The fourth-order valence-corrected chi connectivity index (χ4v) is 4.86. The van der Waals surface area contributed by atoms with Gasteiger partial charge < -0.3 is 14.0 Å². The summed E-state index contributed by atoms with van der Waals surface area (Å²) in [7, 11) is -2.08. The van der Waals surface area contributed by atoms with Gasteiger partial charge in [0.2, 0.25) is 10.0 Å². The molecule has 7 nitrogen and oxygen atoms in total. The first-order chi connectivity index (χ1) is 12.9. The number of rotatable bonds is 6. The lowest BCUT2D eigenvalue weighted by atomic mass is 10.2. The Kier molecular flexibility index (Phi) is 4.47. The van der Waals surface area contributed by atoms with Crippen LogP contribution in [0.4, 0.5) is 0 Å². The van der Waals surface area contributed by atoms with Crippen molar-refractivity contribution in [1.82, 2.24) is 8.87 Å². The van der Waals surface area contributed by atoms with Gasteiger partial charge in [-0.1, -0.05) is 6.07 Å². The Labute approximate surface area is 158 Å². The highest BCUT2D eigenvalue weighted by molar-refractivity contribution is 7.89. The van der Waals surface area contributed by atoms with Crippen LogP contribution in [0.15, 0.2) is 46.1 Å². The summed E-state index contributed by atoms with van der Waals surface area (Å²) in [5, 5.41) is 0. The van der Waals surface area contributed by atoms with Crippen LogP contribution in [0.3, 0.4) is 0 Å². The van der Waals surface area contributed by atoms with Gasteiger partial charge in [-0.3, -0.25) is 4.79 Å². The molecule has 4 rings (SSSR count). The predicted molar refractivity (Wildman–Crippen MR) is 99.9 cm³/mol. The summed E-state index contributed by atoms with van der Waals surface area (Å²) in [6.07, 6.45) is 1.82. The molecule has 1 saturated carbocycles. The van der Waals surface area contributed by atoms with E-state index in [2.05, 4.69) is 0 Å². The van der Waals surface area contributed by atoms with Gasteiger partial charge in [0.25, 0.3) is 5.56 Å². The summed E-state index contributed by atoms with van der Waals surface area (Å²) in [4.78, 5) is 12.5. The van der Waals surface area contributed by atoms with Crippen LogP contribution in [-0.4, -0.2) is 43.6 Å². The van der Waals surface area contributed by atoms with Gasteiger partial charge in [-0.15, -0.1) is 0 Å². The summed E-state index contributed by atoms with van der Waals surface area (Å²) < 4.78 is 39.4. The molecule has 1 aromatic carbocycles. The Bertz CT molecular complexity index is 1020. The maximum absolute atomic E-state index is 12.7. The summed E-state index contributed by atoms with van der Waals surface area (Å²) in [5.74, 6) is 0.994. The number of pyridine rings is 1. The van der Waals surface area contributed by atoms with E-state index in [0.29, 0.717) is 17.5 Å². The molecular weight excluding hydrogens is 368 g/mol. The molecule has 27 heavy (non-hydrogen) atoms. The van der Waals surface area contributed by atoms with Crippen molar-refractivity contribution in [2.24, 2.45) is 0 Å². The van der Waals surface area contributed by atoms with E-state index in [1.165, 1.54) is 23.5 Å². The molecule has 0 radical (unpaired) electrons. The molecule has 144 valence electrons. The average Bonchev–Trinajstić information content (AvgIpc) is 3.42. The molecule has 1 aliphatic heterocycles. The van der Waals surface area contributed by atoms with E-state index in [-0.39, 0.29) is 29.6 Å². The van der Waals surface area contributed by atoms with E-state index >= 15 is 0 Å². The highest BCUT2D eigenvalue weighted by atomic mass is 32.2. The molecule has 0 spiro atoms. The predicted octanol–water partition coefficient (Wildman–Crippen LogP) is 1.95. The van der Waals surface area contributed by atoms with Gasteiger partial charge in [-0.25, -0.2) is 8.42 Å². The van der Waals surface area contributed by atoms with E-state index in [9.17, 15) is 13.2 Å². The molecule has 2 heterocycles. The molecule has 0 N–H and O–H groups in total. The lowest BCUT2D eigenvalue weighted by molar-refractivity contribution is 0.0758. The van der Waals surface area contributed by atoms with Crippen LogP contribution in [0.2, 0.25) is 0 Å². The zero-order valence-corrected chi connectivity index (χ0v) is 16.1. The van der Waals surface area contributed by atoms with Gasteiger partial charge in [0, 0.05) is 23.9 Å². The highest BCUT2D eigenvalue weighted by Gasteiger charge is 2.38. The molecule has 0 atom stereocenters. The van der Waals surface area contributed by atoms with E-state index in [4.69, 9.17) is 9.47 Å². The Morgan fingerprint density at radius 3 is 2.44 bits per heavy atom. The van der Waals surface area contributed by atoms with Crippen LogP contribution in [0, 0.1) is 6.92 Å². The standard InChI is InChI=1S/C19H22N2O5S/c1-13-8-16(10-19(22)21(13)14-6-7-14)26-17-11-20(12-17)27(23,24)18-5-3-4-15(9-18)25-2/h3-5,8-10,14,17H,6-7,11-12H2,1-2H3. The van der Waals surface area contributed by atoms with Gasteiger partial charge in [0.1, 0.15) is 17.6 Å². The number of nitrogens with zero attached hydrogens (tertiary/aromatic N) is 2. The van der Waals surface area contributed by atoms with Crippen molar-refractivity contribution in [3.05, 3.63) is 52.4 Å². The SMILES string of the molecule is COc1cccc(S(=O)(=O)N2CC(Oc3cc(C)n(C4CC4)c(=O)c3)C2)c1. The summed E-state index contributed by atoms with van der Waals surface area (Å²) >= 11 is 0. The summed E-state index contributed by atoms with van der Waals surface area (Å²) in [6.45, 7) is 2.40. The number of methoxy groups -OCH3 is 1. The first-order valence-electron chi connectivity index (χ1n) is 8.92. The minimum atomic E-state index is -3.58. The molecule has 2 fully saturated rings. The van der Waals surface area contributed by atoms with Gasteiger partial charge in [-0.05, 0) is 38.0 Å². The van der Waals surface area contributed by atoms with Crippen LogP contribution in [0.5, 0.6) is 11.5 Å². The maximum atomic E-state index is 12.7. The maximum Gasteiger partial charge on any atom is 0.254 e. The quantitative estimate of drug-likeness (QED) is 0.753. The van der Waals surface area contributed by atoms with Crippen molar-refractivity contribution < 1.29 is 17.9 Å². The first-order valence-corrected chi connectivity index (χ1v) is 10.4. The third-order valence-corrected chi connectivity index (χ3v) is 6.77. The first kappa shape index (κ1) is 18.1. The van der Waals surface area contributed by atoms with Gasteiger partial charge in [0.15, 0.2) is 0 Å². The smallest absolute Gasteiger partial charge is 0.254 e. The average molecular weight is 390 g/mol. The van der Waals surface area contributed by atoms with E-state index in [1.54, 1.807) is 22.8 Å². The molecular formula is C19H22N2O5S. The third-order valence-electron chi connectivity index (χ3n) is 4.94. The normalized spacial score (nSPS) is 18.1. The lowest BCUT2D eigenvalue weighted by Gasteiger charge is -2.37. The topological polar surface area (TPSA) is 77.8 Å². The van der Waals surface area contributed by atoms with Crippen molar-refractivity contribution in [2.45, 2.75) is 36.8 Å². The van der Waals surface area contributed by atoms with Crippen molar-refractivity contribution in [3.63, 3.8) is 0 Å². The number of aromatic nitrogens is 1. The molecule has 0 bridgehead atoms. The second-order valence-corrected chi connectivity index (χ2v) is 8.95. The fraction of sp³-hybridized carbons (Fsp3) is 0.421. The van der Waals surface area contributed by atoms with Gasteiger partial charge in [0.05, 0.1) is 25.1 Å². The van der Waals surface area contributed by atoms with Crippen molar-refractivity contribution in [3.8, 4) is 11.5 Å². The van der Waals surface area contributed by atoms with Crippen molar-refractivity contribution >= 4 is 10.0 Å². The second kappa shape index (κ2) is 6.69. The number of sulfonamides is 1. The van der Waals surface area contributed by atoms with Crippen LogP contribution < -0.4 is 15.0 Å². The zero-order chi connectivity index (χ0) is 19.2. The highest BCUT2D eigenvalue weighted by Crippen LogP contribution is 2.35. The van der Waals surface area contributed by atoms with Gasteiger partial charge >= 0.3 is 0 Å². The Balaban J connectivity index is 1.43. The number of aryl methyl sites for hydroxylation is 1.